The zero-order valence-electron chi connectivity index (χ0n) is 15.6. The third kappa shape index (κ3) is 3.02. The van der Waals surface area contributed by atoms with E-state index in [4.69, 9.17) is 4.74 Å². The van der Waals surface area contributed by atoms with Crippen LogP contribution in [0.1, 0.15) is 67.8 Å². The van der Waals surface area contributed by atoms with E-state index >= 15 is 0 Å². The maximum atomic E-state index is 12.6. The fraction of sp³-hybridized carbons (Fsp3) is 0.565. The van der Waals surface area contributed by atoms with Gasteiger partial charge in [0.25, 0.3) is 0 Å². The van der Waals surface area contributed by atoms with Gasteiger partial charge < -0.3 is 4.74 Å². The van der Waals surface area contributed by atoms with Gasteiger partial charge in [-0.2, -0.15) is 0 Å². The third-order valence-corrected chi connectivity index (χ3v) is 6.78. The van der Waals surface area contributed by atoms with E-state index in [0.717, 1.165) is 18.4 Å². The Morgan fingerprint density at radius 1 is 1.23 bits per heavy atom. The number of ether oxygens (including phenoxy) is 1. The maximum Gasteiger partial charge on any atom is 0.338 e. The van der Waals surface area contributed by atoms with Gasteiger partial charge in [0.15, 0.2) is 5.78 Å². The van der Waals surface area contributed by atoms with Crippen LogP contribution in [0.4, 0.5) is 0 Å². The number of hydrogen-bond donors (Lipinski definition) is 0. The number of carbonyl (C=O) groups excluding carboxylic acids is 2. The molecule has 0 saturated heterocycles. The first-order chi connectivity index (χ1) is 12.6. The van der Waals surface area contributed by atoms with E-state index in [0.29, 0.717) is 24.0 Å². The summed E-state index contributed by atoms with van der Waals surface area (Å²) < 4.78 is 5.62. The van der Waals surface area contributed by atoms with Crippen molar-refractivity contribution in [3.63, 3.8) is 0 Å². The second kappa shape index (κ2) is 7.02. The predicted octanol–water partition coefficient (Wildman–Crippen LogP) is 4.85. The first-order valence-corrected chi connectivity index (χ1v) is 10.1. The first-order valence-electron chi connectivity index (χ1n) is 10.1. The molecule has 2 fully saturated rings. The molecule has 0 amide bonds. The maximum absolute atomic E-state index is 12.6. The summed E-state index contributed by atoms with van der Waals surface area (Å²) in [6, 6.07) is 7.50. The number of ketones is 1. The molecule has 0 N–H and O–H groups in total. The van der Waals surface area contributed by atoms with E-state index in [1.807, 2.05) is 30.4 Å². The van der Waals surface area contributed by atoms with Crippen LogP contribution in [0.5, 0.6) is 0 Å². The lowest BCUT2D eigenvalue weighted by Gasteiger charge is -2.27. The number of allylic oxidation sites excluding steroid dienone is 2. The fourth-order valence-corrected chi connectivity index (χ4v) is 5.03. The lowest BCUT2D eigenvalue weighted by Crippen LogP contribution is -2.27. The molecule has 0 aliphatic heterocycles. The molecule has 0 spiro atoms. The molecule has 3 heteroatoms. The number of rotatable bonds is 5. The molecule has 3 atom stereocenters. The van der Waals surface area contributed by atoms with E-state index in [2.05, 4.69) is 6.92 Å². The van der Waals surface area contributed by atoms with Crippen LogP contribution in [0.25, 0.3) is 0 Å². The highest BCUT2D eigenvalue weighted by atomic mass is 16.5. The SMILES string of the molecule is CC(COC(=O)c1cccc(C23C=CC(CC2)C3=O)c1)C1CCCCC1. The Labute approximate surface area is 155 Å². The quantitative estimate of drug-likeness (QED) is 0.562. The van der Waals surface area contributed by atoms with Gasteiger partial charge in [0.1, 0.15) is 0 Å². The Bertz CT molecular complexity index is 729. The second-order valence-corrected chi connectivity index (χ2v) is 8.39. The molecule has 138 valence electrons. The zero-order chi connectivity index (χ0) is 18.1. The van der Waals surface area contributed by atoms with Gasteiger partial charge in [-0.25, -0.2) is 4.79 Å². The molecular weight excluding hydrogens is 324 g/mol. The summed E-state index contributed by atoms with van der Waals surface area (Å²) in [6.45, 7) is 2.68. The van der Waals surface area contributed by atoms with Gasteiger partial charge in [0, 0.05) is 5.92 Å². The summed E-state index contributed by atoms with van der Waals surface area (Å²) in [4.78, 5) is 25.1. The molecule has 26 heavy (non-hydrogen) atoms. The fourth-order valence-electron chi connectivity index (χ4n) is 5.03. The number of fused-ring (bicyclic) bond motifs is 2. The number of benzene rings is 1. The highest BCUT2D eigenvalue weighted by Gasteiger charge is 2.50. The normalized spacial score (nSPS) is 29.1. The van der Waals surface area contributed by atoms with Crippen LogP contribution in [-0.2, 0) is 14.9 Å². The van der Waals surface area contributed by atoms with Gasteiger partial charge in [-0.3, -0.25) is 4.79 Å². The number of hydrogen-bond acceptors (Lipinski definition) is 3. The topological polar surface area (TPSA) is 43.4 Å². The minimum atomic E-state index is -0.504. The molecule has 1 aromatic carbocycles. The number of Topliss-reactive ketones (excluding diaryl/α,β-unsaturated/α-hetero) is 1. The van der Waals surface area contributed by atoms with Crippen LogP contribution in [0, 0.1) is 17.8 Å². The van der Waals surface area contributed by atoms with Crippen molar-refractivity contribution in [3.8, 4) is 0 Å². The number of carbonyl (C=O) groups is 2. The summed E-state index contributed by atoms with van der Waals surface area (Å²) in [5.41, 5.74) is 0.994. The minimum absolute atomic E-state index is 0.0713. The molecule has 2 saturated carbocycles. The molecule has 4 rings (SSSR count). The highest BCUT2D eigenvalue weighted by Crippen LogP contribution is 2.48. The van der Waals surface area contributed by atoms with Crippen LogP contribution >= 0.6 is 0 Å². The summed E-state index contributed by atoms with van der Waals surface area (Å²) in [7, 11) is 0. The summed E-state index contributed by atoms with van der Waals surface area (Å²) in [5, 5.41) is 0. The molecule has 3 aliphatic rings. The second-order valence-electron chi connectivity index (χ2n) is 8.39. The minimum Gasteiger partial charge on any atom is -0.462 e. The van der Waals surface area contributed by atoms with Crippen molar-refractivity contribution in [2.24, 2.45) is 17.8 Å². The van der Waals surface area contributed by atoms with Crippen molar-refractivity contribution in [1.29, 1.82) is 0 Å². The van der Waals surface area contributed by atoms with Crippen LogP contribution in [0.2, 0.25) is 0 Å². The lowest BCUT2D eigenvalue weighted by atomic mass is 9.79. The van der Waals surface area contributed by atoms with Gasteiger partial charge in [0.2, 0.25) is 0 Å². The van der Waals surface area contributed by atoms with Crippen molar-refractivity contribution in [2.75, 3.05) is 6.61 Å². The summed E-state index contributed by atoms with van der Waals surface area (Å²) in [6.07, 6.45) is 12.3. The molecular formula is C23H28O3. The van der Waals surface area contributed by atoms with Crippen LogP contribution in [0.3, 0.4) is 0 Å². The monoisotopic (exact) mass is 352 g/mol. The molecule has 2 bridgehead atoms. The summed E-state index contributed by atoms with van der Waals surface area (Å²) >= 11 is 0. The molecule has 3 aliphatic carbocycles. The van der Waals surface area contributed by atoms with Crippen molar-refractivity contribution < 1.29 is 14.3 Å². The molecule has 3 nitrogen and oxygen atoms in total. The largest absolute Gasteiger partial charge is 0.462 e. The third-order valence-electron chi connectivity index (χ3n) is 6.78. The predicted molar refractivity (Wildman–Crippen MR) is 101 cm³/mol. The van der Waals surface area contributed by atoms with Gasteiger partial charge in [0.05, 0.1) is 17.6 Å². The molecule has 0 radical (unpaired) electrons. The molecule has 3 unspecified atom stereocenters. The first kappa shape index (κ1) is 17.5. The van der Waals surface area contributed by atoms with Crippen LogP contribution in [0.15, 0.2) is 36.4 Å². The van der Waals surface area contributed by atoms with Crippen molar-refractivity contribution >= 4 is 11.8 Å². The zero-order valence-corrected chi connectivity index (χ0v) is 15.6. The van der Waals surface area contributed by atoms with Gasteiger partial charge in [-0.15, -0.1) is 0 Å². The van der Waals surface area contributed by atoms with Gasteiger partial charge >= 0.3 is 5.97 Å². The highest BCUT2D eigenvalue weighted by molar-refractivity contribution is 6.00. The molecule has 1 aromatic rings. The Kier molecular flexibility index (Phi) is 4.73. The number of esters is 1. The van der Waals surface area contributed by atoms with Crippen LogP contribution < -0.4 is 0 Å². The average molecular weight is 352 g/mol. The van der Waals surface area contributed by atoms with Gasteiger partial charge in [-0.05, 0) is 42.4 Å². The average Bonchev–Trinajstić information content (AvgIpc) is 3.20. The van der Waals surface area contributed by atoms with Crippen molar-refractivity contribution in [1.82, 2.24) is 0 Å². The Morgan fingerprint density at radius 2 is 2.04 bits per heavy atom. The summed E-state index contributed by atoms with van der Waals surface area (Å²) in [5.74, 6) is 1.18. The van der Waals surface area contributed by atoms with E-state index in [-0.39, 0.29) is 17.7 Å². The van der Waals surface area contributed by atoms with Crippen molar-refractivity contribution in [3.05, 3.63) is 47.5 Å². The van der Waals surface area contributed by atoms with Gasteiger partial charge in [-0.1, -0.05) is 63.3 Å². The smallest absolute Gasteiger partial charge is 0.338 e. The Hall–Kier alpha value is -1.90. The van der Waals surface area contributed by atoms with E-state index in [1.54, 1.807) is 6.07 Å². The van der Waals surface area contributed by atoms with Crippen LogP contribution in [-0.4, -0.2) is 18.4 Å². The molecule has 0 aromatic heterocycles. The van der Waals surface area contributed by atoms with E-state index < -0.39 is 5.41 Å². The Balaban J connectivity index is 1.42. The Morgan fingerprint density at radius 3 is 2.69 bits per heavy atom. The standard InChI is InChI=1S/C23H28O3/c1-16(17-6-3-2-4-7-17)15-26-22(25)19-8-5-9-20(14-19)23-12-10-18(11-13-23)21(23)24/h5,8-10,12,14,16-18H,2-4,6-7,11,13,15H2,1H3. The van der Waals surface area contributed by atoms with E-state index in [9.17, 15) is 9.59 Å². The van der Waals surface area contributed by atoms with Crippen molar-refractivity contribution in [2.45, 2.75) is 57.3 Å². The molecule has 0 heterocycles. The lowest BCUT2D eigenvalue weighted by molar-refractivity contribution is -0.122. The van der Waals surface area contributed by atoms with E-state index in [1.165, 1.54) is 32.1 Å².